The first-order chi connectivity index (χ1) is 11.1. The topological polar surface area (TPSA) is 33.1 Å². The number of nitrogens with zero attached hydrogens (tertiary/aromatic N) is 1. The molecule has 3 aromatic rings. The van der Waals surface area contributed by atoms with Gasteiger partial charge in [0.2, 0.25) is 0 Å². The number of aliphatic hydroxyl groups is 1. The quantitative estimate of drug-likeness (QED) is 0.750. The number of halogens is 1. The van der Waals surface area contributed by atoms with Crippen LogP contribution in [0.1, 0.15) is 29.7 Å². The summed E-state index contributed by atoms with van der Waals surface area (Å²) in [6.07, 6.45) is 1.74. The van der Waals surface area contributed by atoms with E-state index in [-0.39, 0.29) is 5.92 Å². The van der Waals surface area contributed by atoms with Crippen molar-refractivity contribution in [2.75, 3.05) is 0 Å². The zero-order valence-corrected chi connectivity index (χ0v) is 13.6. The standard InChI is InChI=1S/C20H18ClNO/c1-20(23,16-11-5-6-12-17(16)21)19(15-9-3-2-4-10-15)18-13-7-8-14-22-18/h2-14,19,23H,1H3/t19-,20+/m0/s1. The van der Waals surface area contributed by atoms with Crippen LogP contribution in [0.2, 0.25) is 5.02 Å². The highest BCUT2D eigenvalue weighted by molar-refractivity contribution is 6.31. The molecule has 23 heavy (non-hydrogen) atoms. The minimum atomic E-state index is -1.19. The molecule has 0 radical (unpaired) electrons. The van der Waals surface area contributed by atoms with Crippen molar-refractivity contribution in [2.45, 2.75) is 18.4 Å². The Hall–Kier alpha value is -2.16. The molecule has 116 valence electrons. The first kappa shape index (κ1) is 15.7. The van der Waals surface area contributed by atoms with Gasteiger partial charge >= 0.3 is 0 Å². The first-order valence-corrected chi connectivity index (χ1v) is 7.92. The second-order valence-electron chi connectivity index (χ2n) is 5.73. The molecule has 0 unspecified atom stereocenters. The summed E-state index contributed by atoms with van der Waals surface area (Å²) in [4.78, 5) is 4.47. The number of pyridine rings is 1. The van der Waals surface area contributed by atoms with Crippen LogP contribution in [0.15, 0.2) is 79.0 Å². The molecule has 0 aliphatic rings. The van der Waals surface area contributed by atoms with Crippen molar-refractivity contribution < 1.29 is 5.11 Å². The van der Waals surface area contributed by atoms with Gasteiger partial charge in [0.25, 0.3) is 0 Å². The Balaban J connectivity index is 2.18. The Morgan fingerprint density at radius 3 is 2.22 bits per heavy atom. The Kier molecular flexibility index (Phi) is 4.46. The molecule has 1 aromatic heterocycles. The van der Waals surface area contributed by atoms with Crippen LogP contribution < -0.4 is 0 Å². The van der Waals surface area contributed by atoms with E-state index < -0.39 is 5.60 Å². The number of hydrogen-bond acceptors (Lipinski definition) is 2. The molecule has 2 atom stereocenters. The van der Waals surface area contributed by atoms with Crippen molar-refractivity contribution in [3.05, 3.63) is 101 Å². The Bertz CT molecular complexity index is 732. The number of rotatable bonds is 4. The monoisotopic (exact) mass is 323 g/mol. The van der Waals surface area contributed by atoms with E-state index in [9.17, 15) is 5.11 Å². The van der Waals surface area contributed by atoms with E-state index in [2.05, 4.69) is 4.98 Å². The van der Waals surface area contributed by atoms with Gasteiger partial charge in [-0.05, 0) is 30.7 Å². The third-order valence-corrected chi connectivity index (χ3v) is 4.43. The Morgan fingerprint density at radius 2 is 1.57 bits per heavy atom. The van der Waals surface area contributed by atoms with Crippen LogP contribution in [0.3, 0.4) is 0 Å². The summed E-state index contributed by atoms with van der Waals surface area (Å²) in [5.41, 5.74) is 1.31. The van der Waals surface area contributed by atoms with Crippen LogP contribution in [0.25, 0.3) is 0 Å². The van der Waals surface area contributed by atoms with Gasteiger partial charge in [0.1, 0.15) is 5.60 Å². The molecule has 0 amide bonds. The number of benzene rings is 2. The average molecular weight is 324 g/mol. The molecule has 2 aromatic carbocycles. The summed E-state index contributed by atoms with van der Waals surface area (Å²) in [5.74, 6) is -0.315. The van der Waals surface area contributed by atoms with Crippen LogP contribution in [0.4, 0.5) is 0 Å². The highest BCUT2D eigenvalue weighted by atomic mass is 35.5. The van der Waals surface area contributed by atoms with Crippen LogP contribution in [0.5, 0.6) is 0 Å². The smallest absolute Gasteiger partial charge is 0.101 e. The fourth-order valence-corrected chi connectivity index (χ4v) is 3.33. The largest absolute Gasteiger partial charge is 0.384 e. The summed E-state index contributed by atoms with van der Waals surface area (Å²) >= 11 is 6.35. The van der Waals surface area contributed by atoms with E-state index >= 15 is 0 Å². The third kappa shape index (κ3) is 3.14. The van der Waals surface area contributed by atoms with Crippen molar-refractivity contribution in [2.24, 2.45) is 0 Å². The van der Waals surface area contributed by atoms with E-state index in [0.717, 1.165) is 11.3 Å². The van der Waals surface area contributed by atoms with E-state index in [1.807, 2.05) is 66.7 Å². The maximum atomic E-state index is 11.4. The summed E-state index contributed by atoms with van der Waals surface area (Å²) in [6.45, 7) is 1.79. The molecule has 3 heteroatoms. The molecule has 0 saturated carbocycles. The van der Waals surface area contributed by atoms with Gasteiger partial charge in [0.15, 0.2) is 0 Å². The summed E-state index contributed by atoms with van der Waals surface area (Å²) < 4.78 is 0. The molecular formula is C20H18ClNO. The average Bonchev–Trinajstić information content (AvgIpc) is 2.57. The van der Waals surface area contributed by atoms with E-state index in [1.54, 1.807) is 19.2 Å². The molecule has 0 spiro atoms. The predicted molar refractivity (Wildman–Crippen MR) is 93.5 cm³/mol. The lowest BCUT2D eigenvalue weighted by atomic mass is 9.76. The van der Waals surface area contributed by atoms with Crippen LogP contribution in [0, 0.1) is 0 Å². The molecule has 1 N–H and O–H groups in total. The lowest BCUT2D eigenvalue weighted by Crippen LogP contribution is -2.32. The molecule has 1 heterocycles. The maximum Gasteiger partial charge on any atom is 0.101 e. The minimum Gasteiger partial charge on any atom is -0.384 e. The van der Waals surface area contributed by atoms with E-state index in [1.165, 1.54) is 0 Å². The van der Waals surface area contributed by atoms with Crippen molar-refractivity contribution in [3.63, 3.8) is 0 Å². The predicted octanol–water partition coefficient (Wildman–Crippen LogP) is 4.77. The molecule has 3 rings (SSSR count). The van der Waals surface area contributed by atoms with E-state index in [0.29, 0.717) is 10.6 Å². The highest BCUT2D eigenvalue weighted by Gasteiger charge is 2.38. The summed E-state index contributed by atoms with van der Waals surface area (Å²) in [7, 11) is 0. The Labute approximate surface area is 141 Å². The van der Waals surface area contributed by atoms with Gasteiger partial charge in [-0.3, -0.25) is 4.98 Å². The molecule has 0 fully saturated rings. The number of aromatic nitrogens is 1. The molecule has 2 nitrogen and oxygen atoms in total. The van der Waals surface area contributed by atoms with Crippen molar-refractivity contribution in [1.82, 2.24) is 4.98 Å². The van der Waals surface area contributed by atoms with Crippen molar-refractivity contribution in [3.8, 4) is 0 Å². The van der Waals surface area contributed by atoms with Crippen LogP contribution in [-0.4, -0.2) is 10.1 Å². The first-order valence-electron chi connectivity index (χ1n) is 7.54. The summed E-state index contributed by atoms with van der Waals surface area (Å²) in [5, 5.41) is 12.0. The van der Waals surface area contributed by atoms with Crippen LogP contribution >= 0.6 is 11.6 Å². The fourth-order valence-electron chi connectivity index (χ4n) is 3.00. The normalized spacial score (nSPS) is 14.9. The van der Waals surface area contributed by atoms with Gasteiger partial charge < -0.3 is 5.11 Å². The van der Waals surface area contributed by atoms with Crippen LogP contribution in [-0.2, 0) is 5.60 Å². The van der Waals surface area contributed by atoms with E-state index in [4.69, 9.17) is 11.6 Å². The maximum absolute atomic E-state index is 11.4. The second-order valence-corrected chi connectivity index (χ2v) is 6.13. The molecule has 0 bridgehead atoms. The summed E-state index contributed by atoms with van der Waals surface area (Å²) in [6, 6.07) is 23.0. The molecule has 0 saturated heterocycles. The minimum absolute atomic E-state index is 0.315. The number of hydrogen-bond donors (Lipinski definition) is 1. The SMILES string of the molecule is C[C@@](O)(c1ccccc1Cl)[C@@H](c1ccccc1)c1ccccn1. The zero-order valence-electron chi connectivity index (χ0n) is 12.9. The van der Waals surface area contributed by atoms with Crippen molar-refractivity contribution in [1.29, 1.82) is 0 Å². The van der Waals surface area contributed by atoms with Gasteiger partial charge in [0, 0.05) is 16.8 Å². The zero-order chi connectivity index (χ0) is 16.3. The Morgan fingerprint density at radius 1 is 0.913 bits per heavy atom. The highest BCUT2D eigenvalue weighted by Crippen LogP contribution is 2.42. The van der Waals surface area contributed by atoms with Gasteiger partial charge in [-0.15, -0.1) is 0 Å². The molecule has 0 aliphatic carbocycles. The van der Waals surface area contributed by atoms with Gasteiger partial charge in [-0.25, -0.2) is 0 Å². The lowest BCUT2D eigenvalue weighted by Gasteiger charge is -2.34. The lowest BCUT2D eigenvalue weighted by molar-refractivity contribution is 0.0381. The molecular weight excluding hydrogens is 306 g/mol. The fraction of sp³-hybridized carbons (Fsp3) is 0.150. The second kappa shape index (κ2) is 6.53. The van der Waals surface area contributed by atoms with Gasteiger partial charge in [0.05, 0.1) is 11.6 Å². The van der Waals surface area contributed by atoms with Gasteiger partial charge in [-0.2, -0.15) is 0 Å². The molecule has 0 aliphatic heterocycles. The van der Waals surface area contributed by atoms with Crippen molar-refractivity contribution >= 4 is 11.6 Å². The third-order valence-electron chi connectivity index (χ3n) is 4.10. The van der Waals surface area contributed by atoms with Gasteiger partial charge in [-0.1, -0.05) is 66.2 Å².